The van der Waals surface area contributed by atoms with Crippen LogP contribution in [0.2, 0.25) is 0 Å². The average Bonchev–Trinajstić information content (AvgIpc) is 2.88. The number of rotatable bonds is 2. The highest BCUT2D eigenvalue weighted by atomic mass is 16.3. The molecule has 2 heterocycles. The Hall–Kier alpha value is -2.52. The Bertz CT molecular complexity index is 964. The summed E-state index contributed by atoms with van der Waals surface area (Å²) in [7, 11) is 2.19. The van der Waals surface area contributed by atoms with Gasteiger partial charge in [-0.15, -0.1) is 0 Å². The van der Waals surface area contributed by atoms with Crippen molar-refractivity contribution >= 4 is 22.7 Å². The van der Waals surface area contributed by atoms with E-state index in [0.717, 1.165) is 25.1 Å². The monoisotopic (exact) mass is 332 g/mol. The number of phenols is 1. The molecular formula is C22H24N2O. The van der Waals surface area contributed by atoms with Crippen LogP contribution in [0.25, 0.3) is 22.7 Å². The smallest absolute Gasteiger partial charge is 0.115 e. The molecule has 0 fully saturated rings. The lowest BCUT2D eigenvalue weighted by Crippen LogP contribution is -2.26. The highest BCUT2D eigenvalue weighted by Crippen LogP contribution is 2.32. The first-order valence-corrected chi connectivity index (χ1v) is 8.81. The van der Waals surface area contributed by atoms with Gasteiger partial charge in [-0.1, -0.05) is 23.8 Å². The van der Waals surface area contributed by atoms with Gasteiger partial charge in [0.15, 0.2) is 0 Å². The van der Waals surface area contributed by atoms with Crippen molar-refractivity contribution < 1.29 is 5.11 Å². The normalized spacial score (nSPS) is 15.6. The second-order valence-electron chi connectivity index (χ2n) is 7.16. The zero-order valence-corrected chi connectivity index (χ0v) is 15.1. The van der Waals surface area contributed by atoms with Crippen LogP contribution in [-0.4, -0.2) is 28.2 Å². The van der Waals surface area contributed by atoms with Crippen molar-refractivity contribution in [3.05, 3.63) is 64.8 Å². The Morgan fingerprint density at radius 1 is 1.12 bits per heavy atom. The molecule has 1 aliphatic rings. The van der Waals surface area contributed by atoms with Crippen LogP contribution in [0.3, 0.4) is 0 Å². The second kappa shape index (κ2) is 6.08. The summed E-state index contributed by atoms with van der Waals surface area (Å²) in [6.07, 6.45) is 3.31. The molecule has 128 valence electrons. The summed E-state index contributed by atoms with van der Waals surface area (Å²) in [4.78, 5) is 2.39. The van der Waals surface area contributed by atoms with E-state index in [9.17, 15) is 5.11 Å². The first kappa shape index (κ1) is 16.0. The molecular weight excluding hydrogens is 308 g/mol. The van der Waals surface area contributed by atoms with E-state index in [1.165, 1.54) is 33.3 Å². The maximum Gasteiger partial charge on any atom is 0.115 e. The van der Waals surface area contributed by atoms with Gasteiger partial charge < -0.3 is 14.6 Å². The maximum atomic E-state index is 9.52. The molecule has 0 unspecified atom stereocenters. The average molecular weight is 332 g/mol. The summed E-state index contributed by atoms with van der Waals surface area (Å²) in [5.74, 6) is 0.304. The van der Waals surface area contributed by atoms with E-state index in [1.54, 1.807) is 12.1 Å². The van der Waals surface area contributed by atoms with Crippen molar-refractivity contribution in [2.75, 3.05) is 13.6 Å². The van der Waals surface area contributed by atoms with Gasteiger partial charge in [-0.3, -0.25) is 0 Å². The molecule has 3 nitrogen and oxygen atoms in total. The first-order valence-electron chi connectivity index (χ1n) is 8.81. The highest BCUT2D eigenvalue weighted by Gasteiger charge is 2.21. The van der Waals surface area contributed by atoms with E-state index < -0.39 is 0 Å². The van der Waals surface area contributed by atoms with Crippen LogP contribution in [0, 0.1) is 6.92 Å². The standard InChI is InChI=1S/C22H24N2O/c1-15-4-9-21-19(12-15)20-14-23(3)11-10-22(20)24(21)13-16(2)17-5-7-18(25)8-6-17/h4-9,12-13,25H,10-11,14H2,1-3H3/b16-13-. The predicted octanol–water partition coefficient (Wildman–Crippen LogP) is 4.66. The van der Waals surface area contributed by atoms with Crippen molar-refractivity contribution in [3.8, 4) is 5.75 Å². The fourth-order valence-corrected chi connectivity index (χ4v) is 3.78. The number of allylic oxidation sites excluding steroid dienone is 1. The van der Waals surface area contributed by atoms with E-state index in [-0.39, 0.29) is 0 Å². The minimum atomic E-state index is 0.304. The fourth-order valence-electron chi connectivity index (χ4n) is 3.78. The van der Waals surface area contributed by atoms with Gasteiger partial charge in [0.1, 0.15) is 5.75 Å². The minimum Gasteiger partial charge on any atom is -0.508 e. The van der Waals surface area contributed by atoms with E-state index >= 15 is 0 Å². The number of likely N-dealkylation sites (N-methyl/N-ethyl adjacent to an activating group) is 1. The van der Waals surface area contributed by atoms with Gasteiger partial charge in [0, 0.05) is 36.8 Å². The third kappa shape index (κ3) is 2.85. The van der Waals surface area contributed by atoms with E-state index in [1.807, 2.05) is 12.1 Å². The van der Waals surface area contributed by atoms with Crippen LogP contribution in [0.5, 0.6) is 5.75 Å². The van der Waals surface area contributed by atoms with Crippen LogP contribution in [0.15, 0.2) is 42.5 Å². The second-order valence-corrected chi connectivity index (χ2v) is 7.16. The van der Waals surface area contributed by atoms with Crippen molar-refractivity contribution in [2.24, 2.45) is 0 Å². The SMILES string of the molecule is C/C(=C/n1c2c(c3cc(C)ccc31)CN(C)CC2)c1ccc(O)cc1. The molecule has 0 aliphatic carbocycles. The Labute approximate surface area is 148 Å². The Morgan fingerprint density at radius 3 is 2.64 bits per heavy atom. The lowest BCUT2D eigenvalue weighted by atomic mass is 10.0. The summed E-state index contributed by atoms with van der Waals surface area (Å²) < 4.78 is 2.37. The van der Waals surface area contributed by atoms with Crippen LogP contribution >= 0.6 is 0 Å². The number of aryl methyl sites for hydroxylation is 1. The number of aromatic hydroxyl groups is 1. The zero-order valence-electron chi connectivity index (χ0n) is 15.1. The number of aromatic nitrogens is 1. The third-order valence-electron chi connectivity index (χ3n) is 5.18. The molecule has 0 radical (unpaired) electrons. The van der Waals surface area contributed by atoms with E-state index in [2.05, 4.69) is 54.8 Å². The van der Waals surface area contributed by atoms with Gasteiger partial charge in [-0.05, 0) is 61.9 Å². The molecule has 0 atom stereocenters. The molecule has 0 amide bonds. The summed E-state index contributed by atoms with van der Waals surface area (Å²) in [6, 6.07) is 14.2. The molecule has 2 aromatic carbocycles. The molecule has 0 saturated heterocycles. The quantitative estimate of drug-likeness (QED) is 0.739. The Balaban J connectivity index is 1.89. The predicted molar refractivity (Wildman–Crippen MR) is 105 cm³/mol. The number of hydrogen-bond acceptors (Lipinski definition) is 2. The van der Waals surface area contributed by atoms with Gasteiger partial charge in [0.05, 0.1) is 5.52 Å². The first-order chi connectivity index (χ1) is 12.0. The summed E-state index contributed by atoms with van der Waals surface area (Å²) in [5, 5.41) is 10.9. The number of hydrogen-bond donors (Lipinski definition) is 1. The summed E-state index contributed by atoms with van der Waals surface area (Å²) in [5.41, 5.74) is 7.80. The summed E-state index contributed by atoms with van der Waals surface area (Å²) >= 11 is 0. The third-order valence-corrected chi connectivity index (χ3v) is 5.18. The molecule has 3 heteroatoms. The maximum absolute atomic E-state index is 9.52. The zero-order chi connectivity index (χ0) is 17.6. The van der Waals surface area contributed by atoms with Gasteiger partial charge in [-0.2, -0.15) is 0 Å². The van der Waals surface area contributed by atoms with Crippen LogP contribution in [-0.2, 0) is 13.0 Å². The molecule has 0 bridgehead atoms. The Kier molecular flexibility index (Phi) is 3.89. The molecule has 25 heavy (non-hydrogen) atoms. The topological polar surface area (TPSA) is 28.4 Å². The van der Waals surface area contributed by atoms with Crippen molar-refractivity contribution in [3.63, 3.8) is 0 Å². The fraction of sp³-hybridized carbons (Fsp3) is 0.273. The minimum absolute atomic E-state index is 0.304. The molecule has 4 rings (SSSR count). The van der Waals surface area contributed by atoms with Crippen LogP contribution in [0.4, 0.5) is 0 Å². The number of fused-ring (bicyclic) bond motifs is 3. The molecule has 1 aromatic heterocycles. The van der Waals surface area contributed by atoms with Gasteiger partial charge in [-0.25, -0.2) is 0 Å². The molecule has 1 N–H and O–H groups in total. The van der Waals surface area contributed by atoms with E-state index in [4.69, 9.17) is 0 Å². The van der Waals surface area contributed by atoms with Gasteiger partial charge >= 0.3 is 0 Å². The van der Waals surface area contributed by atoms with Crippen LogP contribution in [0.1, 0.15) is 29.3 Å². The largest absolute Gasteiger partial charge is 0.508 e. The lowest BCUT2D eigenvalue weighted by molar-refractivity contribution is 0.312. The van der Waals surface area contributed by atoms with Crippen molar-refractivity contribution in [1.82, 2.24) is 9.47 Å². The van der Waals surface area contributed by atoms with Crippen molar-refractivity contribution in [2.45, 2.75) is 26.8 Å². The van der Waals surface area contributed by atoms with Crippen molar-refractivity contribution in [1.29, 1.82) is 0 Å². The molecule has 0 spiro atoms. The van der Waals surface area contributed by atoms with E-state index in [0.29, 0.717) is 5.75 Å². The number of nitrogens with zero attached hydrogens (tertiary/aromatic N) is 2. The molecule has 0 saturated carbocycles. The molecule has 1 aliphatic heterocycles. The number of benzene rings is 2. The Morgan fingerprint density at radius 2 is 1.88 bits per heavy atom. The van der Waals surface area contributed by atoms with Gasteiger partial charge in [0.25, 0.3) is 0 Å². The lowest BCUT2D eigenvalue weighted by Gasteiger charge is -2.23. The highest BCUT2D eigenvalue weighted by molar-refractivity contribution is 5.90. The summed E-state index contributed by atoms with van der Waals surface area (Å²) in [6.45, 7) is 6.39. The van der Waals surface area contributed by atoms with Gasteiger partial charge in [0.2, 0.25) is 0 Å². The van der Waals surface area contributed by atoms with Crippen LogP contribution < -0.4 is 0 Å². The molecule has 3 aromatic rings. The number of phenolic OH excluding ortho intramolecular Hbond substituents is 1.